The van der Waals surface area contributed by atoms with Gasteiger partial charge in [-0.1, -0.05) is 30.4 Å². The van der Waals surface area contributed by atoms with Crippen LogP contribution in [-0.4, -0.2) is 75.7 Å². The summed E-state index contributed by atoms with van der Waals surface area (Å²) in [4.78, 5) is 27.0. The van der Waals surface area contributed by atoms with Crippen molar-refractivity contribution < 1.29 is 41.7 Å². The molecule has 0 saturated carbocycles. The number of carboxylic acids is 2. The molecule has 13 heteroatoms. The van der Waals surface area contributed by atoms with Gasteiger partial charge in [-0.25, -0.2) is 4.79 Å². The number of carboxylic acid groups (broad SMARTS) is 2. The lowest BCUT2D eigenvalue weighted by Crippen LogP contribution is -2.33. The third kappa shape index (κ3) is 9.11. The highest BCUT2D eigenvalue weighted by Crippen LogP contribution is 2.35. The molecule has 0 bridgehead atoms. The fourth-order valence-corrected chi connectivity index (χ4v) is 2.95. The smallest absolute Gasteiger partial charge is 0.333 e. The number of aliphatic imine (C=N–C) groups is 1. The number of nitrogens with zero attached hydrogens (tertiary/aromatic N) is 2. The van der Waals surface area contributed by atoms with Crippen molar-refractivity contribution in [1.82, 2.24) is 0 Å². The second-order valence-electron chi connectivity index (χ2n) is 6.44. The Labute approximate surface area is 184 Å². The number of hydrogen-bond acceptors (Lipinski definition) is 5. The molecule has 1 atom stereocenters. The van der Waals surface area contributed by atoms with Crippen molar-refractivity contribution in [2.75, 3.05) is 24.5 Å². The predicted octanol–water partition coefficient (Wildman–Crippen LogP) is -2.85. The molecule has 0 aliphatic carbocycles. The predicted molar refractivity (Wildman–Crippen MR) is 123 cm³/mol. The van der Waals surface area contributed by atoms with Crippen LogP contribution in [0.4, 0.5) is 5.69 Å². The molecule has 1 aromatic rings. The van der Waals surface area contributed by atoms with Crippen LogP contribution in [-0.2, 0) is 9.59 Å². The van der Waals surface area contributed by atoms with Gasteiger partial charge in [-0.3, -0.25) is 9.79 Å². The van der Waals surface area contributed by atoms with Gasteiger partial charge in [0.25, 0.3) is 0 Å². The van der Waals surface area contributed by atoms with E-state index in [1.165, 1.54) is 5.56 Å². The van der Waals surface area contributed by atoms with Crippen LogP contribution in [0.2, 0.25) is 0 Å². The molecule has 0 aromatic heterocycles. The Bertz CT molecular complexity index is 837. The van der Waals surface area contributed by atoms with E-state index in [-0.39, 0.29) is 27.9 Å². The number of nitrogens with two attached hydrogens (primary N) is 3. The van der Waals surface area contributed by atoms with Crippen LogP contribution in [0.15, 0.2) is 34.8 Å². The standard InChI is InChI=1S/C13H11NO2.C6H14N4O2.4H2O/c15-13(16)11-7-10-4-1-3-9-5-2-6-14(8-11)12(9)10;7-4(5(11)12)2-1-3-10-6(8)9;;;;/h1-5,7H,6,8H2,(H,15,16);4H,1-3,7H2,(H,11,12)(H4,8,9,10);4*1H2/t;4-;;;;/m.0..../s1. The van der Waals surface area contributed by atoms with Gasteiger partial charge in [-0.15, -0.1) is 0 Å². The molecule has 2 aliphatic rings. The first-order valence-electron chi connectivity index (χ1n) is 8.81. The Kier molecular flexibility index (Phi) is 15.9. The first-order chi connectivity index (χ1) is 13.3. The van der Waals surface area contributed by atoms with Gasteiger partial charge in [0.15, 0.2) is 5.96 Å². The van der Waals surface area contributed by atoms with E-state index >= 15 is 0 Å². The SMILES string of the molecule is NC(N)=NCCC[C@H](N)C(=O)O.O.O.O.O.O=C(O)C1=Cc2cccc3c2N(CC=C3)C1. The maximum absolute atomic E-state index is 11.0. The average molecular weight is 460 g/mol. The Morgan fingerprint density at radius 2 is 1.72 bits per heavy atom. The first kappa shape index (κ1) is 33.2. The zero-order chi connectivity index (χ0) is 20.7. The second kappa shape index (κ2) is 15.3. The van der Waals surface area contributed by atoms with Gasteiger partial charge in [0.05, 0.1) is 17.8 Å². The molecule has 1 aromatic carbocycles. The van der Waals surface area contributed by atoms with Gasteiger partial charge in [-0.2, -0.15) is 0 Å². The van der Waals surface area contributed by atoms with Crippen molar-refractivity contribution in [1.29, 1.82) is 0 Å². The van der Waals surface area contributed by atoms with Crippen molar-refractivity contribution in [3.8, 4) is 0 Å². The molecule has 0 fully saturated rings. The van der Waals surface area contributed by atoms with Gasteiger partial charge >= 0.3 is 11.9 Å². The molecule has 2 heterocycles. The molecule has 0 saturated heterocycles. The van der Waals surface area contributed by atoms with E-state index in [0.717, 1.165) is 17.8 Å². The fraction of sp³-hybridized carbons (Fsp3) is 0.316. The van der Waals surface area contributed by atoms with Crippen molar-refractivity contribution in [2.45, 2.75) is 18.9 Å². The van der Waals surface area contributed by atoms with Crippen molar-refractivity contribution in [3.05, 3.63) is 41.0 Å². The van der Waals surface area contributed by atoms with Crippen molar-refractivity contribution in [2.24, 2.45) is 22.2 Å². The normalized spacial score (nSPS) is 12.9. The number of anilines is 1. The zero-order valence-electron chi connectivity index (χ0n) is 17.4. The van der Waals surface area contributed by atoms with Crippen LogP contribution in [0, 0.1) is 0 Å². The molecule has 0 spiro atoms. The monoisotopic (exact) mass is 459 g/mol. The maximum Gasteiger partial charge on any atom is 0.333 e. The van der Waals surface area contributed by atoms with Crippen LogP contribution in [0.25, 0.3) is 12.2 Å². The van der Waals surface area contributed by atoms with Gasteiger partial charge in [0.1, 0.15) is 6.04 Å². The lowest BCUT2D eigenvalue weighted by atomic mass is 9.96. The Balaban J connectivity index is -0.000000486. The molecule has 0 unspecified atom stereocenters. The molecule has 3 rings (SSSR count). The second-order valence-corrected chi connectivity index (χ2v) is 6.44. The topological polar surface area (TPSA) is 294 Å². The van der Waals surface area contributed by atoms with Gasteiger partial charge in [0.2, 0.25) is 0 Å². The van der Waals surface area contributed by atoms with E-state index in [1.807, 2.05) is 12.1 Å². The Hall–Kier alpha value is -3.49. The highest BCUT2D eigenvalue weighted by Gasteiger charge is 2.24. The Morgan fingerprint density at radius 1 is 1.09 bits per heavy atom. The summed E-state index contributed by atoms with van der Waals surface area (Å²) in [6, 6.07) is 5.16. The lowest BCUT2D eigenvalue weighted by molar-refractivity contribution is -0.138. The minimum Gasteiger partial charge on any atom is -0.480 e. The molecule has 182 valence electrons. The summed E-state index contributed by atoms with van der Waals surface area (Å²) in [6.07, 6.45) is 6.89. The summed E-state index contributed by atoms with van der Waals surface area (Å²) in [5, 5.41) is 17.4. The van der Waals surface area contributed by atoms with Gasteiger partial charge in [-0.05, 0) is 30.0 Å². The minimum absolute atomic E-state index is 0. The summed E-state index contributed by atoms with van der Waals surface area (Å²) < 4.78 is 0. The molecular weight excluding hydrogens is 426 g/mol. The Morgan fingerprint density at radius 3 is 2.28 bits per heavy atom. The number of rotatable bonds is 6. The molecule has 32 heavy (non-hydrogen) atoms. The van der Waals surface area contributed by atoms with E-state index in [4.69, 9.17) is 27.4 Å². The number of aliphatic carboxylic acids is 2. The molecule has 16 N–H and O–H groups in total. The van der Waals surface area contributed by atoms with E-state index in [2.05, 4.69) is 28.1 Å². The highest BCUT2D eigenvalue weighted by molar-refractivity contribution is 5.98. The maximum atomic E-state index is 11.0. The van der Waals surface area contributed by atoms with Crippen LogP contribution in [0.1, 0.15) is 24.0 Å². The van der Waals surface area contributed by atoms with Gasteiger partial charge in [0, 0.05) is 13.1 Å². The number of guanidine groups is 1. The van der Waals surface area contributed by atoms with Crippen molar-refractivity contribution in [3.63, 3.8) is 0 Å². The molecule has 0 amide bonds. The average Bonchev–Trinajstić information content (AvgIpc) is 2.65. The molecule has 2 aliphatic heterocycles. The third-order valence-corrected chi connectivity index (χ3v) is 4.29. The van der Waals surface area contributed by atoms with E-state index in [1.54, 1.807) is 6.08 Å². The third-order valence-electron chi connectivity index (χ3n) is 4.29. The fourth-order valence-electron chi connectivity index (χ4n) is 2.95. The summed E-state index contributed by atoms with van der Waals surface area (Å²) in [5.41, 5.74) is 19.1. The summed E-state index contributed by atoms with van der Waals surface area (Å²) in [5.74, 6) is -1.82. The molecule has 13 nitrogen and oxygen atoms in total. The van der Waals surface area contributed by atoms with Crippen LogP contribution in [0.3, 0.4) is 0 Å². The summed E-state index contributed by atoms with van der Waals surface area (Å²) >= 11 is 0. The zero-order valence-corrected chi connectivity index (χ0v) is 17.4. The van der Waals surface area contributed by atoms with E-state index in [9.17, 15) is 9.59 Å². The van der Waals surface area contributed by atoms with Crippen LogP contribution in [0.5, 0.6) is 0 Å². The quantitative estimate of drug-likeness (QED) is 0.167. The number of carbonyl (C=O) groups is 2. The van der Waals surface area contributed by atoms with Crippen molar-refractivity contribution >= 4 is 35.7 Å². The van der Waals surface area contributed by atoms with E-state index < -0.39 is 18.0 Å². The minimum atomic E-state index is -1.00. The number of benzene rings is 1. The molecular formula is C19H33N5O8. The van der Waals surface area contributed by atoms with E-state index in [0.29, 0.717) is 31.5 Å². The van der Waals surface area contributed by atoms with Crippen LogP contribution < -0.4 is 22.1 Å². The molecule has 0 radical (unpaired) electrons. The lowest BCUT2D eigenvalue weighted by Gasteiger charge is -2.33. The summed E-state index contributed by atoms with van der Waals surface area (Å²) in [7, 11) is 0. The first-order valence-corrected chi connectivity index (χ1v) is 8.81. The highest BCUT2D eigenvalue weighted by atomic mass is 16.4. The summed E-state index contributed by atoms with van der Waals surface area (Å²) in [6.45, 7) is 1.70. The largest absolute Gasteiger partial charge is 0.480 e. The van der Waals surface area contributed by atoms with Crippen LogP contribution >= 0.6 is 0 Å². The number of hydrogen-bond donors (Lipinski definition) is 5. The number of para-hydroxylation sites is 1. The van der Waals surface area contributed by atoms with Gasteiger partial charge < -0.3 is 54.2 Å².